The number of amides is 1. The van der Waals surface area contributed by atoms with Crippen LogP contribution in [0, 0.1) is 0 Å². The molecule has 10 nitrogen and oxygen atoms in total. The van der Waals surface area contributed by atoms with Gasteiger partial charge in [-0.15, -0.1) is 0 Å². The van der Waals surface area contributed by atoms with Gasteiger partial charge in [0.25, 0.3) is 11.5 Å². The van der Waals surface area contributed by atoms with Crippen LogP contribution >= 0.6 is 11.6 Å². The van der Waals surface area contributed by atoms with Crippen LogP contribution in [-0.2, 0) is 6.54 Å². The van der Waals surface area contributed by atoms with Crippen molar-refractivity contribution in [3.05, 3.63) is 134 Å². The van der Waals surface area contributed by atoms with Crippen molar-refractivity contribution in [3.8, 4) is 5.69 Å². The van der Waals surface area contributed by atoms with Gasteiger partial charge in [0.2, 0.25) is 0 Å². The maximum absolute atomic E-state index is 14.3. The average molecular weight is 578 g/mol. The Morgan fingerprint density at radius 3 is 2.55 bits per heavy atom. The van der Waals surface area contributed by atoms with Crippen molar-refractivity contribution < 1.29 is 4.79 Å². The molecule has 4 heterocycles. The lowest BCUT2D eigenvalue weighted by molar-refractivity contribution is 0.0952. The smallest absolute Gasteiger partial charge is 0.264 e. The zero-order valence-electron chi connectivity index (χ0n) is 22.3. The molecule has 0 aliphatic rings. The second-order valence-electron chi connectivity index (χ2n) is 9.60. The van der Waals surface area contributed by atoms with E-state index in [1.54, 1.807) is 54.9 Å². The van der Waals surface area contributed by atoms with Gasteiger partial charge in [-0.3, -0.25) is 23.9 Å². The second-order valence-corrected chi connectivity index (χ2v) is 9.97. The van der Waals surface area contributed by atoms with Gasteiger partial charge in [-0.25, -0.2) is 9.97 Å². The number of para-hydroxylation sites is 1. The molecule has 0 fully saturated rings. The molecule has 4 aromatic heterocycles. The van der Waals surface area contributed by atoms with Gasteiger partial charge in [0.1, 0.15) is 23.2 Å². The number of hydrogen-bond acceptors (Lipinski definition) is 7. The number of nitrogens with one attached hydrogen (secondary N) is 3. The largest absolute Gasteiger partial charge is 0.361 e. The average Bonchev–Trinajstić information content (AvgIpc) is 3.02. The van der Waals surface area contributed by atoms with Crippen LogP contribution in [0.5, 0.6) is 0 Å². The van der Waals surface area contributed by atoms with Crippen LogP contribution in [0.25, 0.3) is 27.5 Å². The van der Waals surface area contributed by atoms with Crippen LogP contribution in [0.4, 0.5) is 5.82 Å². The molecule has 3 N–H and O–H groups in total. The zero-order valence-corrected chi connectivity index (χ0v) is 23.1. The van der Waals surface area contributed by atoms with E-state index in [1.165, 1.54) is 23.2 Å². The lowest BCUT2D eigenvalue weighted by Crippen LogP contribution is -2.29. The fourth-order valence-corrected chi connectivity index (χ4v) is 5.40. The van der Waals surface area contributed by atoms with E-state index >= 15 is 0 Å². The Labute approximate surface area is 244 Å². The summed E-state index contributed by atoms with van der Waals surface area (Å²) in [5, 5.41) is 7.34. The van der Waals surface area contributed by atoms with Crippen LogP contribution in [0.15, 0.2) is 101 Å². The minimum atomic E-state index is -0.600. The number of aromatic nitrogens is 5. The molecule has 0 saturated heterocycles. The molecule has 0 saturated carbocycles. The first-order valence-corrected chi connectivity index (χ1v) is 13.5. The molecule has 0 bridgehead atoms. The number of nitrogens with zero attached hydrogens (tertiary/aromatic N) is 4. The van der Waals surface area contributed by atoms with Gasteiger partial charge in [0.15, 0.2) is 5.43 Å². The topological polar surface area (TPSA) is 135 Å². The van der Waals surface area contributed by atoms with Gasteiger partial charge in [-0.1, -0.05) is 41.9 Å². The number of hydrogen-bond donors (Lipinski definition) is 3. The molecule has 1 unspecified atom stereocenters. The fourth-order valence-electron chi connectivity index (χ4n) is 5.00. The summed E-state index contributed by atoms with van der Waals surface area (Å²) in [6.07, 6.45) is 6.16. The van der Waals surface area contributed by atoms with Gasteiger partial charge in [0, 0.05) is 42.3 Å². The molecule has 6 aromatic rings. The van der Waals surface area contributed by atoms with Crippen molar-refractivity contribution in [2.75, 3.05) is 5.32 Å². The molecular formula is C31H24ClN7O3. The van der Waals surface area contributed by atoms with E-state index in [0.29, 0.717) is 28.2 Å². The molecule has 1 atom stereocenters. The molecule has 6 rings (SSSR count). The Morgan fingerprint density at radius 1 is 0.976 bits per heavy atom. The monoisotopic (exact) mass is 577 g/mol. The summed E-state index contributed by atoms with van der Waals surface area (Å²) in [7, 11) is 0. The first-order chi connectivity index (χ1) is 20.4. The van der Waals surface area contributed by atoms with Gasteiger partial charge < -0.3 is 15.6 Å². The molecule has 208 valence electrons. The van der Waals surface area contributed by atoms with Gasteiger partial charge in [-0.05, 0) is 42.8 Å². The third-order valence-corrected chi connectivity index (χ3v) is 7.35. The molecule has 42 heavy (non-hydrogen) atoms. The van der Waals surface area contributed by atoms with Gasteiger partial charge >= 0.3 is 0 Å². The predicted molar refractivity (Wildman–Crippen MR) is 162 cm³/mol. The summed E-state index contributed by atoms with van der Waals surface area (Å²) in [6.45, 7) is 2.09. The number of aromatic amines is 1. The maximum atomic E-state index is 14.3. The summed E-state index contributed by atoms with van der Waals surface area (Å²) in [6, 6.07) is 18.5. The normalized spacial score (nSPS) is 11.9. The molecule has 0 radical (unpaired) electrons. The molecular weight excluding hydrogens is 554 g/mol. The maximum Gasteiger partial charge on any atom is 0.264 e. The lowest BCUT2D eigenvalue weighted by Gasteiger charge is -2.24. The minimum Gasteiger partial charge on any atom is -0.361 e. The number of benzene rings is 2. The van der Waals surface area contributed by atoms with Crippen molar-refractivity contribution in [3.63, 3.8) is 0 Å². The first kappa shape index (κ1) is 26.9. The highest BCUT2D eigenvalue weighted by molar-refractivity contribution is 6.36. The van der Waals surface area contributed by atoms with Crippen molar-refractivity contribution in [1.82, 2.24) is 29.8 Å². The van der Waals surface area contributed by atoms with Crippen LogP contribution < -0.4 is 21.6 Å². The lowest BCUT2D eigenvalue weighted by atomic mass is 10.0. The first-order valence-electron chi connectivity index (χ1n) is 13.1. The van der Waals surface area contributed by atoms with Gasteiger partial charge in [-0.2, -0.15) is 0 Å². The molecule has 1 amide bonds. The quantitative estimate of drug-likeness (QED) is 0.249. The Kier molecular flexibility index (Phi) is 7.20. The van der Waals surface area contributed by atoms with E-state index in [0.717, 1.165) is 5.56 Å². The Bertz CT molecular complexity index is 2060. The Morgan fingerprint density at radius 2 is 1.76 bits per heavy atom. The number of rotatable bonds is 7. The van der Waals surface area contributed by atoms with E-state index in [9.17, 15) is 14.4 Å². The van der Waals surface area contributed by atoms with Crippen molar-refractivity contribution >= 4 is 45.1 Å². The highest BCUT2D eigenvalue weighted by Gasteiger charge is 2.25. The highest BCUT2D eigenvalue weighted by Crippen LogP contribution is 2.34. The van der Waals surface area contributed by atoms with E-state index in [-0.39, 0.29) is 33.3 Å². The van der Waals surface area contributed by atoms with E-state index in [4.69, 9.17) is 11.6 Å². The zero-order chi connectivity index (χ0) is 29.2. The van der Waals surface area contributed by atoms with Crippen LogP contribution in [0.1, 0.15) is 34.6 Å². The number of halogens is 1. The number of carbonyl (C=O) groups is 1. The standard InChI is InChI=1S/C31H24ClN7O3/c1-18(38-29-25-23(40)12-15-34-28(25)36-17-37-29)27-26(32)21-8-5-9-22(30(41)35-16-19-10-13-33-14-11-19)24(21)31(42)39(27)20-6-3-2-4-7-20/h2-15,17-18H,16H2,1H3,(H,35,41)(H2,34,36,37,38,40). The molecule has 11 heteroatoms. The summed E-state index contributed by atoms with van der Waals surface area (Å²) < 4.78 is 1.50. The van der Waals surface area contributed by atoms with Crippen molar-refractivity contribution in [2.45, 2.75) is 19.5 Å². The second kappa shape index (κ2) is 11.3. The number of carbonyl (C=O) groups excluding carboxylic acids is 1. The summed E-state index contributed by atoms with van der Waals surface area (Å²) in [5.74, 6) is -0.113. The molecule has 0 spiro atoms. The summed E-state index contributed by atoms with van der Waals surface area (Å²) in [5.41, 5.74) is 1.78. The predicted octanol–water partition coefficient (Wildman–Crippen LogP) is 4.77. The van der Waals surface area contributed by atoms with Crippen LogP contribution in [0.3, 0.4) is 0 Å². The summed E-state index contributed by atoms with van der Waals surface area (Å²) in [4.78, 5) is 55.8. The Hall–Kier alpha value is -5.35. The van der Waals surface area contributed by atoms with Crippen LogP contribution in [0.2, 0.25) is 5.02 Å². The van der Waals surface area contributed by atoms with Crippen LogP contribution in [-0.4, -0.2) is 30.4 Å². The van der Waals surface area contributed by atoms with Crippen molar-refractivity contribution in [2.24, 2.45) is 0 Å². The third-order valence-electron chi connectivity index (χ3n) is 6.96. The number of H-pyrrole nitrogens is 1. The van der Waals surface area contributed by atoms with Gasteiger partial charge in [0.05, 0.1) is 27.7 Å². The SMILES string of the molecule is CC(Nc1ncnc2[nH]ccc(=O)c12)c1c(Cl)c2cccc(C(=O)NCc3ccncc3)c2c(=O)n1-c1ccccc1. The fraction of sp³-hybridized carbons (Fsp3) is 0.0968. The Balaban J connectivity index is 1.51. The van der Waals surface area contributed by atoms with Crippen molar-refractivity contribution in [1.29, 1.82) is 0 Å². The third kappa shape index (κ3) is 4.88. The molecule has 0 aliphatic carbocycles. The molecule has 2 aromatic carbocycles. The van der Waals surface area contributed by atoms with E-state index in [2.05, 4.69) is 30.6 Å². The number of fused-ring (bicyclic) bond motifs is 2. The number of anilines is 1. The van der Waals surface area contributed by atoms with E-state index < -0.39 is 17.5 Å². The number of pyridine rings is 3. The highest BCUT2D eigenvalue weighted by atomic mass is 35.5. The minimum absolute atomic E-state index is 0.193. The summed E-state index contributed by atoms with van der Waals surface area (Å²) >= 11 is 7.09. The van der Waals surface area contributed by atoms with E-state index in [1.807, 2.05) is 25.1 Å². The molecule has 0 aliphatic heterocycles.